The van der Waals surface area contributed by atoms with E-state index in [1.165, 1.54) is 11.1 Å². The molecule has 0 saturated heterocycles. The van der Waals surface area contributed by atoms with E-state index in [2.05, 4.69) is 24.3 Å². The molecule has 0 heterocycles. The van der Waals surface area contributed by atoms with Gasteiger partial charge in [0.1, 0.15) is 12.4 Å². The minimum atomic E-state index is -2.66. The topological polar surface area (TPSA) is 63.6 Å². The fourth-order valence-corrected chi connectivity index (χ4v) is 4.68. The molecule has 1 unspecified atom stereocenters. The zero-order valence-electron chi connectivity index (χ0n) is 15.4. The van der Waals surface area contributed by atoms with Gasteiger partial charge in [0.05, 0.1) is 0 Å². The molecule has 0 amide bonds. The fraction of sp³-hybridized carbons (Fsp3) is 0.409. The third kappa shape index (κ3) is 5.55. The van der Waals surface area contributed by atoms with Gasteiger partial charge in [-0.2, -0.15) is 0 Å². The lowest BCUT2D eigenvalue weighted by Crippen LogP contribution is -2.41. The van der Waals surface area contributed by atoms with E-state index >= 15 is 0 Å². The molecule has 0 radical (unpaired) electrons. The molecule has 142 valence electrons. The van der Waals surface area contributed by atoms with Crippen LogP contribution in [0.25, 0.3) is 0 Å². The third-order valence-corrected chi connectivity index (χ3v) is 6.02. The maximum atomic E-state index is 11.8. The normalized spacial score (nSPS) is 16.3. The first-order valence-corrected chi connectivity index (χ1v) is 10.6. The van der Waals surface area contributed by atoms with Crippen molar-refractivity contribution in [2.75, 3.05) is 6.61 Å². The molecular weight excluding hydrogens is 359 g/mol. The molecule has 1 N–H and O–H groups in total. The molecule has 0 bridgehead atoms. The van der Waals surface area contributed by atoms with E-state index in [4.69, 9.17) is 4.52 Å². The van der Waals surface area contributed by atoms with Gasteiger partial charge in [-0.1, -0.05) is 60.7 Å². The average molecular weight is 385 g/mol. The Morgan fingerprint density at radius 3 is 1.85 bits per heavy atom. The Balaban J connectivity index is 1.95. The maximum absolute atomic E-state index is 11.8. The number of rotatable bonds is 8. The second-order valence-corrected chi connectivity index (χ2v) is 8.25. The highest BCUT2D eigenvalue weighted by atomic mass is 31.1. The Bertz CT molecular complexity index is 709. The Hall–Kier alpha value is -1.87. The minimum Gasteiger partial charge on any atom is -0.300 e. The monoisotopic (exact) mass is 385 g/mol. The zero-order chi connectivity index (χ0) is 19.1. The summed E-state index contributed by atoms with van der Waals surface area (Å²) < 4.78 is 16.7. The van der Waals surface area contributed by atoms with Gasteiger partial charge in [0, 0.05) is 22.8 Å². The molecule has 27 heavy (non-hydrogen) atoms. The number of hydrogen-bond donors (Lipinski definition) is 1. The lowest BCUT2D eigenvalue weighted by atomic mass is 9.63. The van der Waals surface area contributed by atoms with E-state index in [9.17, 15) is 14.3 Å². The summed E-state index contributed by atoms with van der Waals surface area (Å²) in [5.41, 5.74) is 2.04. The van der Waals surface area contributed by atoms with Gasteiger partial charge in [0.2, 0.25) is 0 Å². The van der Waals surface area contributed by atoms with E-state index < -0.39 is 8.25 Å². The molecule has 1 aliphatic rings. The zero-order valence-corrected chi connectivity index (χ0v) is 16.3. The van der Waals surface area contributed by atoms with Crippen molar-refractivity contribution in [2.24, 2.45) is 11.3 Å². The minimum absolute atomic E-state index is 0.210. The summed E-state index contributed by atoms with van der Waals surface area (Å²) in [6, 6.07) is 20.4. The lowest BCUT2D eigenvalue weighted by molar-refractivity contribution is -0.122. The maximum Gasteiger partial charge on any atom is 0.694 e. The highest BCUT2D eigenvalue weighted by molar-refractivity contribution is 7.32. The number of benzene rings is 2. The van der Waals surface area contributed by atoms with Gasteiger partial charge in [-0.25, -0.2) is 0 Å². The standard InChI is InChI=1S/C22H25O4P/c23-21-13-11-20(12-14-21)22(17-26-27(24)25,15-18-7-3-1-4-8-18)16-19-9-5-2-6-10-19/h1-10,20H,11-17H2/p+1. The van der Waals surface area contributed by atoms with Gasteiger partial charge >= 0.3 is 8.25 Å². The smallest absolute Gasteiger partial charge is 0.300 e. The van der Waals surface area contributed by atoms with Crippen molar-refractivity contribution in [1.82, 2.24) is 0 Å². The highest BCUT2D eigenvalue weighted by Crippen LogP contribution is 2.44. The van der Waals surface area contributed by atoms with Crippen LogP contribution in [0.1, 0.15) is 36.8 Å². The Kier molecular flexibility index (Phi) is 6.89. The molecule has 1 saturated carbocycles. The van der Waals surface area contributed by atoms with Crippen molar-refractivity contribution in [3.8, 4) is 0 Å². The van der Waals surface area contributed by atoms with E-state index in [1.54, 1.807) is 0 Å². The summed E-state index contributed by atoms with van der Waals surface area (Å²) in [7, 11) is -2.66. The van der Waals surface area contributed by atoms with Crippen LogP contribution in [0.3, 0.4) is 0 Å². The lowest BCUT2D eigenvalue weighted by Gasteiger charge is -2.41. The predicted molar refractivity (Wildman–Crippen MR) is 105 cm³/mol. The van der Waals surface area contributed by atoms with Crippen LogP contribution < -0.4 is 0 Å². The molecule has 4 nitrogen and oxygen atoms in total. The van der Waals surface area contributed by atoms with Crippen molar-refractivity contribution in [3.05, 3.63) is 71.8 Å². The number of ketones is 1. The molecule has 2 aromatic carbocycles. The second-order valence-electron chi connectivity index (χ2n) is 7.51. The second kappa shape index (κ2) is 9.36. The fourth-order valence-electron chi connectivity index (χ4n) is 4.31. The SMILES string of the molecule is O=C1CCC(C(CO[P+](=O)O)(Cc2ccccc2)Cc2ccccc2)CC1. The molecule has 0 aliphatic heterocycles. The Morgan fingerprint density at radius 1 is 0.926 bits per heavy atom. The molecule has 2 aromatic rings. The van der Waals surface area contributed by atoms with Crippen LogP contribution in [0.15, 0.2) is 60.7 Å². The average Bonchev–Trinajstić information content (AvgIpc) is 2.68. The summed E-state index contributed by atoms with van der Waals surface area (Å²) in [6.07, 6.45) is 4.30. The van der Waals surface area contributed by atoms with Gasteiger partial charge in [-0.15, -0.1) is 9.42 Å². The van der Waals surface area contributed by atoms with Crippen molar-refractivity contribution in [1.29, 1.82) is 0 Å². The third-order valence-electron chi connectivity index (χ3n) is 5.67. The van der Waals surface area contributed by atoms with E-state index in [0.717, 1.165) is 25.7 Å². The largest absolute Gasteiger partial charge is 0.694 e. The first kappa shape index (κ1) is 19.9. The van der Waals surface area contributed by atoms with Gasteiger partial charge < -0.3 is 0 Å². The predicted octanol–water partition coefficient (Wildman–Crippen LogP) is 4.88. The first-order valence-electron chi connectivity index (χ1n) is 9.46. The van der Waals surface area contributed by atoms with Gasteiger partial charge in [-0.05, 0) is 42.7 Å². The van der Waals surface area contributed by atoms with Crippen LogP contribution in [0.4, 0.5) is 0 Å². The number of hydrogen-bond acceptors (Lipinski definition) is 3. The van der Waals surface area contributed by atoms with Crippen LogP contribution in [0.5, 0.6) is 0 Å². The molecule has 1 atom stereocenters. The Labute approximate surface area is 161 Å². The van der Waals surface area contributed by atoms with E-state index in [-0.39, 0.29) is 17.9 Å². The van der Waals surface area contributed by atoms with E-state index in [0.29, 0.717) is 18.6 Å². The van der Waals surface area contributed by atoms with Crippen molar-refractivity contribution in [2.45, 2.75) is 38.5 Å². The van der Waals surface area contributed by atoms with Gasteiger partial charge in [0.25, 0.3) is 0 Å². The number of carbonyl (C=O) groups excluding carboxylic acids is 1. The van der Waals surface area contributed by atoms with Crippen molar-refractivity contribution in [3.63, 3.8) is 0 Å². The quantitative estimate of drug-likeness (QED) is 0.658. The van der Waals surface area contributed by atoms with Crippen LogP contribution in [0, 0.1) is 11.3 Å². The van der Waals surface area contributed by atoms with E-state index in [1.807, 2.05) is 36.4 Å². The summed E-state index contributed by atoms with van der Waals surface area (Å²) >= 11 is 0. The Morgan fingerprint density at radius 2 is 1.41 bits per heavy atom. The summed E-state index contributed by atoms with van der Waals surface area (Å²) in [4.78, 5) is 21.1. The first-order chi connectivity index (χ1) is 13.1. The molecule has 5 heteroatoms. The van der Waals surface area contributed by atoms with Crippen LogP contribution in [-0.4, -0.2) is 17.3 Å². The highest BCUT2D eigenvalue weighted by Gasteiger charge is 2.43. The van der Waals surface area contributed by atoms with Crippen molar-refractivity contribution >= 4 is 14.0 Å². The van der Waals surface area contributed by atoms with Crippen LogP contribution >= 0.6 is 8.25 Å². The summed E-state index contributed by atoms with van der Waals surface area (Å²) in [6.45, 7) is 0.210. The summed E-state index contributed by atoms with van der Waals surface area (Å²) in [5, 5.41) is 0. The molecular formula is C22H26O4P+. The molecule has 0 aromatic heterocycles. The number of carbonyl (C=O) groups is 1. The molecule has 1 fully saturated rings. The number of Topliss-reactive ketones (excluding diaryl/α,β-unsaturated/α-hetero) is 1. The van der Waals surface area contributed by atoms with Crippen molar-refractivity contribution < 1.29 is 18.8 Å². The summed E-state index contributed by atoms with van der Waals surface area (Å²) in [5.74, 6) is 0.583. The van der Waals surface area contributed by atoms with Gasteiger partial charge in [-0.3, -0.25) is 4.79 Å². The molecule has 3 rings (SSSR count). The van der Waals surface area contributed by atoms with Crippen LogP contribution in [0.2, 0.25) is 0 Å². The molecule has 0 spiro atoms. The van der Waals surface area contributed by atoms with Crippen LogP contribution in [-0.2, 0) is 26.7 Å². The van der Waals surface area contributed by atoms with Gasteiger partial charge in [0.15, 0.2) is 0 Å². The molecule has 1 aliphatic carbocycles.